The number of rotatable bonds is 19. The summed E-state index contributed by atoms with van der Waals surface area (Å²) < 4.78 is 0. The van der Waals surface area contributed by atoms with Gasteiger partial charge in [-0.3, -0.25) is 14.4 Å². The highest BCUT2D eigenvalue weighted by Crippen LogP contribution is 2.65. The molecule has 1 heterocycles. The van der Waals surface area contributed by atoms with Gasteiger partial charge in [0.1, 0.15) is 6.04 Å². The summed E-state index contributed by atoms with van der Waals surface area (Å²) >= 11 is 0. The van der Waals surface area contributed by atoms with Crippen LogP contribution in [0.15, 0.2) is 24.4 Å². The van der Waals surface area contributed by atoms with E-state index in [-0.39, 0.29) is 70.5 Å². The fraction of sp³-hybridized carbons (Fsp3) is 0.800. The van der Waals surface area contributed by atoms with Gasteiger partial charge in [-0.15, -0.1) is 0 Å². The highest BCUT2D eigenvalue weighted by atomic mass is 16.2. The summed E-state index contributed by atoms with van der Waals surface area (Å²) in [6.07, 6.45) is 8.73. The molecule has 9 nitrogen and oxygen atoms in total. The number of carbonyl (C=O) groups excluding carboxylic acids is 4. The third-order valence-corrected chi connectivity index (χ3v) is 11.8. The number of likely N-dealkylation sites (tertiary alicyclic amines) is 1. The second kappa shape index (κ2) is 16.9. The van der Waals surface area contributed by atoms with Gasteiger partial charge < -0.3 is 26.2 Å². The summed E-state index contributed by atoms with van der Waals surface area (Å²) in [5.41, 5.74) is 1.10. The van der Waals surface area contributed by atoms with Crippen LogP contribution in [-0.4, -0.2) is 65.3 Å². The minimum atomic E-state index is -0.699. The average Bonchev–Trinajstić information content (AvgIpc) is 3.30. The van der Waals surface area contributed by atoms with Crippen molar-refractivity contribution in [3.63, 3.8) is 0 Å². The first-order valence-corrected chi connectivity index (χ1v) is 19.1. The second-order valence-corrected chi connectivity index (χ2v) is 17.3. The maximum absolute atomic E-state index is 14.8. The number of urea groups is 1. The van der Waals surface area contributed by atoms with E-state index in [1.807, 2.05) is 18.7 Å². The van der Waals surface area contributed by atoms with E-state index in [0.717, 1.165) is 50.6 Å². The van der Waals surface area contributed by atoms with Crippen molar-refractivity contribution < 1.29 is 19.2 Å². The van der Waals surface area contributed by atoms with Crippen LogP contribution in [0.3, 0.4) is 0 Å². The quantitative estimate of drug-likeness (QED) is 0.111. The molecule has 2 saturated carbocycles. The van der Waals surface area contributed by atoms with Crippen LogP contribution in [0.1, 0.15) is 133 Å². The largest absolute Gasteiger partial charge is 0.380 e. The van der Waals surface area contributed by atoms with Crippen molar-refractivity contribution in [2.75, 3.05) is 6.54 Å². The SMILES string of the molecule is C=C(C(C)=O)C(CC1CCC1)NC(=C)C1[C@@H]2[C@H](CN1C(=O)C(NC(=O)NC(CCC(=O)NC(C)C)C(C)(C)C)C(CC)CCCC)C2(C)C. The molecule has 0 radical (unpaired) electrons. The van der Waals surface area contributed by atoms with Crippen molar-refractivity contribution in [3.8, 4) is 0 Å². The van der Waals surface area contributed by atoms with E-state index in [2.05, 4.69) is 82.9 Å². The summed E-state index contributed by atoms with van der Waals surface area (Å²) in [6, 6.07) is -1.75. The Labute approximate surface area is 297 Å². The van der Waals surface area contributed by atoms with E-state index in [1.54, 1.807) is 6.92 Å². The summed E-state index contributed by atoms with van der Waals surface area (Å²) in [4.78, 5) is 55.5. The molecular formula is C40H69N5O4. The van der Waals surface area contributed by atoms with Gasteiger partial charge in [-0.2, -0.15) is 0 Å². The Kier molecular flexibility index (Phi) is 14.0. The van der Waals surface area contributed by atoms with Crippen LogP contribution in [0.5, 0.6) is 0 Å². The lowest BCUT2D eigenvalue weighted by atomic mass is 9.79. The number of unbranched alkanes of at least 4 members (excludes halogenated alkanes) is 1. The Balaban J connectivity index is 1.85. The normalized spacial score (nSPS) is 23.7. The van der Waals surface area contributed by atoms with Gasteiger partial charge in [0, 0.05) is 36.3 Å². The van der Waals surface area contributed by atoms with E-state index in [9.17, 15) is 19.2 Å². The number of nitrogens with zero attached hydrogens (tertiary/aromatic N) is 1. The Morgan fingerprint density at radius 2 is 1.61 bits per heavy atom. The van der Waals surface area contributed by atoms with Crippen molar-refractivity contribution in [1.29, 1.82) is 0 Å². The molecule has 4 N–H and O–H groups in total. The third-order valence-electron chi connectivity index (χ3n) is 11.8. The molecule has 5 unspecified atom stereocenters. The molecule has 0 aromatic heterocycles. The maximum atomic E-state index is 14.8. The third kappa shape index (κ3) is 10.3. The average molecular weight is 684 g/mol. The lowest BCUT2D eigenvalue weighted by Gasteiger charge is -2.39. The highest BCUT2D eigenvalue weighted by molar-refractivity contribution is 5.94. The first-order chi connectivity index (χ1) is 22.8. The van der Waals surface area contributed by atoms with Gasteiger partial charge in [0.05, 0.1) is 12.1 Å². The molecule has 7 atom stereocenters. The van der Waals surface area contributed by atoms with E-state index in [0.29, 0.717) is 36.8 Å². The molecule has 3 fully saturated rings. The number of Topliss-reactive ketones (excluding diaryl/α,β-unsaturated/α-hetero) is 1. The van der Waals surface area contributed by atoms with Crippen LogP contribution in [0, 0.1) is 34.5 Å². The topological polar surface area (TPSA) is 120 Å². The monoisotopic (exact) mass is 684 g/mol. The van der Waals surface area contributed by atoms with Crippen molar-refractivity contribution >= 4 is 23.6 Å². The zero-order valence-electron chi connectivity index (χ0n) is 32.5. The number of hydrogen-bond donors (Lipinski definition) is 4. The molecule has 3 rings (SSSR count). The van der Waals surface area contributed by atoms with Crippen molar-refractivity contribution in [1.82, 2.24) is 26.2 Å². The van der Waals surface area contributed by atoms with Crippen LogP contribution < -0.4 is 21.3 Å². The summed E-state index contributed by atoms with van der Waals surface area (Å²) in [5.74, 6) is 0.983. The number of carbonyl (C=O) groups is 4. The fourth-order valence-corrected chi connectivity index (χ4v) is 8.18. The number of hydrogen-bond acceptors (Lipinski definition) is 5. The molecule has 0 aromatic rings. The molecule has 1 saturated heterocycles. The van der Waals surface area contributed by atoms with Gasteiger partial charge in [-0.25, -0.2) is 4.79 Å². The van der Waals surface area contributed by atoms with E-state index in [4.69, 9.17) is 0 Å². The molecule has 0 bridgehead atoms. The zero-order chi connectivity index (χ0) is 36.8. The predicted molar refractivity (Wildman–Crippen MR) is 199 cm³/mol. The standard InChI is InChI=1S/C40H69N5O4/c1-13-15-19-29(14-2)35(44-38(49)43-32(39(8,9)10)20-21-33(47)41-24(3)4)37(48)45-23-30-34(40(30,11)12)36(45)26(6)42-31(25(5)27(7)46)22-28-17-16-18-28/h24,28-32,34-36,42H,5-6,13-23H2,1-4,7-12H3,(H,41,47)(H2,43,44,49)/t29?,30-,31?,32?,34-,35?,36?/m0/s1. The minimum absolute atomic E-state index is 0.0280. The number of fused-ring (bicyclic) bond motifs is 1. The Hall–Kier alpha value is -2.84. The first-order valence-electron chi connectivity index (χ1n) is 19.1. The number of amides is 4. The van der Waals surface area contributed by atoms with Gasteiger partial charge in [0.15, 0.2) is 5.78 Å². The summed E-state index contributed by atoms with van der Waals surface area (Å²) in [6.45, 7) is 29.6. The predicted octanol–water partition coefficient (Wildman–Crippen LogP) is 6.88. The van der Waals surface area contributed by atoms with Crippen LogP contribution in [0.25, 0.3) is 0 Å². The molecule has 9 heteroatoms. The fourth-order valence-electron chi connectivity index (χ4n) is 8.18. The number of nitrogens with one attached hydrogen (secondary N) is 4. The van der Waals surface area contributed by atoms with Gasteiger partial charge in [-0.1, -0.05) is 100 Å². The smallest absolute Gasteiger partial charge is 0.315 e. The van der Waals surface area contributed by atoms with Crippen LogP contribution in [0.2, 0.25) is 0 Å². The van der Waals surface area contributed by atoms with Gasteiger partial charge >= 0.3 is 6.03 Å². The highest BCUT2D eigenvalue weighted by Gasteiger charge is 2.68. The van der Waals surface area contributed by atoms with Crippen molar-refractivity contribution in [3.05, 3.63) is 24.4 Å². The molecule has 1 aliphatic heterocycles. The Bertz CT molecular complexity index is 1220. The molecule has 0 spiro atoms. The number of piperidine rings is 1. The molecule has 0 aromatic carbocycles. The minimum Gasteiger partial charge on any atom is -0.380 e. The number of ketones is 1. The van der Waals surface area contributed by atoms with Crippen molar-refractivity contribution in [2.24, 2.45) is 34.5 Å². The van der Waals surface area contributed by atoms with Gasteiger partial charge in [0.2, 0.25) is 11.8 Å². The zero-order valence-corrected chi connectivity index (χ0v) is 32.5. The molecular weight excluding hydrogens is 614 g/mol. The van der Waals surface area contributed by atoms with E-state index in [1.165, 1.54) is 6.42 Å². The lowest BCUT2D eigenvalue weighted by molar-refractivity contribution is -0.136. The second-order valence-electron chi connectivity index (χ2n) is 17.3. The van der Waals surface area contributed by atoms with E-state index >= 15 is 0 Å². The molecule has 49 heavy (non-hydrogen) atoms. The Morgan fingerprint density at radius 1 is 0.959 bits per heavy atom. The maximum Gasteiger partial charge on any atom is 0.315 e. The first kappa shape index (κ1) is 40.6. The van der Waals surface area contributed by atoms with Crippen molar-refractivity contribution in [2.45, 2.75) is 164 Å². The Morgan fingerprint density at radius 3 is 2.12 bits per heavy atom. The van der Waals surface area contributed by atoms with Crippen LogP contribution >= 0.6 is 0 Å². The van der Waals surface area contributed by atoms with Crippen LogP contribution in [0.4, 0.5) is 4.79 Å². The summed E-state index contributed by atoms with van der Waals surface area (Å²) in [7, 11) is 0. The summed E-state index contributed by atoms with van der Waals surface area (Å²) in [5, 5.41) is 12.8. The van der Waals surface area contributed by atoms with E-state index < -0.39 is 6.04 Å². The molecule has 3 aliphatic rings. The molecule has 2 aliphatic carbocycles. The lowest BCUT2D eigenvalue weighted by Crippen LogP contribution is -2.59. The van der Waals surface area contributed by atoms with Gasteiger partial charge in [0.25, 0.3) is 0 Å². The molecule has 4 amide bonds. The molecule has 278 valence electrons. The van der Waals surface area contributed by atoms with Crippen LogP contribution in [-0.2, 0) is 14.4 Å². The van der Waals surface area contributed by atoms with Gasteiger partial charge in [-0.05, 0) is 74.5 Å².